The van der Waals surface area contributed by atoms with Crippen LogP contribution in [0.15, 0.2) is 18.2 Å². The van der Waals surface area contributed by atoms with E-state index in [1.807, 2.05) is 12.1 Å². The van der Waals surface area contributed by atoms with Gasteiger partial charge in [-0.15, -0.1) is 10.2 Å². The number of halogens is 1. The van der Waals surface area contributed by atoms with E-state index >= 15 is 0 Å². The van der Waals surface area contributed by atoms with E-state index in [9.17, 15) is 0 Å². The van der Waals surface area contributed by atoms with Crippen LogP contribution in [-0.2, 0) is 27.1 Å². The third-order valence-electron chi connectivity index (χ3n) is 7.06. The van der Waals surface area contributed by atoms with Crippen LogP contribution in [0.25, 0.3) is 5.69 Å². The highest BCUT2D eigenvalue weighted by atomic mass is 35.5. The lowest BCUT2D eigenvalue weighted by Crippen LogP contribution is -2.41. The topological polar surface area (TPSA) is 61.6 Å². The summed E-state index contributed by atoms with van der Waals surface area (Å²) in [6.07, 6.45) is 4.61. The van der Waals surface area contributed by atoms with Crippen LogP contribution in [0.1, 0.15) is 42.4 Å². The Hall–Kier alpha value is -1.51. The first-order chi connectivity index (χ1) is 14.7. The van der Waals surface area contributed by atoms with Gasteiger partial charge < -0.3 is 14.2 Å². The fourth-order valence-electron chi connectivity index (χ4n) is 5.51. The maximum atomic E-state index is 6.35. The number of ether oxygens (including phenoxy) is 3. The zero-order chi connectivity index (χ0) is 20.1. The molecule has 1 spiro atoms. The van der Waals surface area contributed by atoms with Crippen LogP contribution in [0, 0.1) is 0 Å². The van der Waals surface area contributed by atoms with E-state index < -0.39 is 5.79 Å². The van der Waals surface area contributed by atoms with Crippen LogP contribution < -0.4 is 0 Å². The minimum Gasteiger partial charge on any atom is -0.380 e. The van der Waals surface area contributed by atoms with Crippen molar-refractivity contribution >= 4 is 11.6 Å². The third-order valence-corrected chi connectivity index (χ3v) is 7.29. The molecule has 4 aliphatic heterocycles. The molecule has 7 nitrogen and oxygen atoms in total. The van der Waals surface area contributed by atoms with E-state index in [1.54, 1.807) is 0 Å². The molecule has 0 bridgehead atoms. The molecule has 5 heterocycles. The molecule has 1 atom stereocenters. The summed E-state index contributed by atoms with van der Waals surface area (Å²) in [4.78, 5) is 2.59. The highest BCUT2D eigenvalue weighted by molar-refractivity contribution is 6.30. The van der Waals surface area contributed by atoms with Crippen molar-refractivity contribution in [3.05, 3.63) is 40.4 Å². The highest BCUT2D eigenvalue weighted by Crippen LogP contribution is 2.38. The Labute approximate surface area is 181 Å². The highest BCUT2D eigenvalue weighted by Gasteiger charge is 2.43. The molecule has 30 heavy (non-hydrogen) atoms. The van der Waals surface area contributed by atoms with Gasteiger partial charge in [-0.1, -0.05) is 11.6 Å². The van der Waals surface area contributed by atoms with E-state index in [0.717, 1.165) is 73.5 Å². The Bertz CT molecular complexity index is 928. The third kappa shape index (κ3) is 3.28. The van der Waals surface area contributed by atoms with E-state index in [-0.39, 0.29) is 0 Å². The van der Waals surface area contributed by atoms with Crippen LogP contribution in [0.4, 0.5) is 0 Å². The van der Waals surface area contributed by atoms with Gasteiger partial charge in [0, 0.05) is 30.0 Å². The molecule has 0 amide bonds. The summed E-state index contributed by atoms with van der Waals surface area (Å²) in [5.41, 5.74) is 2.24. The number of rotatable bonds is 2. The van der Waals surface area contributed by atoms with Gasteiger partial charge >= 0.3 is 0 Å². The maximum Gasteiger partial charge on any atom is 0.179 e. The fraction of sp³-hybridized carbons (Fsp3) is 0.636. The Morgan fingerprint density at radius 2 is 1.83 bits per heavy atom. The van der Waals surface area contributed by atoms with Crippen LogP contribution in [0.5, 0.6) is 0 Å². The summed E-state index contributed by atoms with van der Waals surface area (Å²) in [6.45, 7) is 5.17. The lowest BCUT2D eigenvalue weighted by Gasteiger charge is -2.35. The first kappa shape index (κ1) is 19.2. The summed E-state index contributed by atoms with van der Waals surface area (Å²) >= 11 is 6.35. The average molecular weight is 431 g/mol. The van der Waals surface area contributed by atoms with Gasteiger partial charge in [-0.25, -0.2) is 0 Å². The summed E-state index contributed by atoms with van der Waals surface area (Å²) in [6, 6.07) is 6.66. The van der Waals surface area contributed by atoms with Crippen LogP contribution >= 0.6 is 11.6 Å². The molecule has 8 heteroatoms. The van der Waals surface area contributed by atoms with Gasteiger partial charge in [0.1, 0.15) is 11.6 Å². The number of aromatic nitrogens is 3. The molecule has 6 rings (SSSR count). The van der Waals surface area contributed by atoms with Crippen LogP contribution in [0.3, 0.4) is 0 Å². The zero-order valence-corrected chi connectivity index (χ0v) is 17.8. The number of fused-ring (bicyclic) bond motifs is 3. The number of likely N-dealkylation sites (tertiary alicyclic amines) is 1. The van der Waals surface area contributed by atoms with Crippen molar-refractivity contribution in [2.45, 2.75) is 49.9 Å². The number of hydrogen-bond donors (Lipinski definition) is 0. The molecule has 1 aromatic carbocycles. The maximum absolute atomic E-state index is 6.35. The lowest BCUT2D eigenvalue weighted by molar-refractivity contribution is -0.155. The second kappa shape index (κ2) is 7.57. The van der Waals surface area contributed by atoms with Gasteiger partial charge in [-0.05, 0) is 56.1 Å². The SMILES string of the molecule is Clc1ccc2c(c1)CC1(Cc3nnc(C4CCN([C@@H]5CCOC5)CC4)n3-2)OCCO1. The molecule has 1 aromatic heterocycles. The van der Waals surface area contributed by atoms with Gasteiger partial charge in [0.2, 0.25) is 0 Å². The van der Waals surface area contributed by atoms with Gasteiger partial charge in [-0.2, -0.15) is 0 Å². The number of hydrogen-bond acceptors (Lipinski definition) is 6. The number of nitrogens with zero attached hydrogens (tertiary/aromatic N) is 4. The predicted molar refractivity (Wildman–Crippen MR) is 111 cm³/mol. The van der Waals surface area contributed by atoms with Gasteiger partial charge in [0.25, 0.3) is 0 Å². The van der Waals surface area contributed by atoms with E-state index in [2.05, 4.69) is 25.7 Å². The molecule has 4 aliphatic rings. The van der Waals surface area contributed by atoms with Crippen molar-refractivity contribution in [2.75, 3.05) is 39.5 Å². The Morgan fingerprint density at radius 3 is 2.60 bits per heavy atom. The normalized spacial score (nSPS) is 26.6. The van der Waals surface area contributed by atoms with Gasteiger partial charge in [-0.3, -0.25) is 9.47 Å². The fourth-order valence-corrected chi connectivity index (χ4v) is 5.71. The van der Waals surface area contributed by atoms with Crippen molar-refractivity contribution in [1.82, 2.24) is 19.7 Å². The smallest absolute Gasteiger partial charge is 0.179 e. The van der Waals surface area contributed by atoms with Crippen molar-refractivity contribution < 1.29 is 14.2 Å². The molecule has 160 valence electrons. The number of benzene rings is 1. The summed E-state index contributed by atoms with van der Waals surface area (Å²) in [5, 5.41) is 10.0. The van der Waals surface area contributed by atoms with Gasteiger partial charge in [0.15, 0.2) is 5.79 Å². The second-order valence-corrected chi connectivity index (χ2v) is 9.31. The Balaban J connectivity index is 1.33. The average Bonchev–Trinajstić information content (AvgIpc) is 3.49. The molecule has 3 fully saturated rings. The first-order valence-electron chi connectivity index (χ1n) is 11.0. The van der Waals surface area contributed by atoms with E-state index in [4.69, 9.17) is 25.8 Å². The Kier molecular flexibility index (Phi) is 4.84. The molecule has 0 N–H and O–H groups in total. The largest absolute Gasteiger partial charge is 0.380 e. The zero-order valence-electron chi connectivity index (χ0n) is 17.1. The van der Waals surface area contributed by atoms with E-state index in [1.165, 1.54) is 0 Å². The van der Waals surface area contributed by atoms with Crippen molar-refractivity contribution in [3.63, 3.8) is 0 Å². The molecule has 0 radical (unpaired) electrons. The molecule has 2 aromatic rings. The molecule has 3 saturated heterocycles. The van der Waals surface area contributed by atoms with Crippen molar-refractivity contribution in [1.29, 1.82) is 0 Å². The molecule has 0 unspecified atom stereocenters. The van der Waals surface area contributed by atoms with Crippen LogP contribution in [-0.4, -0.2) is 71.0 Å². The van der Waals surface area contributed by atoms with Crippen molar-refractivity contribution in [3.8, 4) is 5.69 Å². The minimum absolute atomic E-state index is 0.396. The van der Waals surface area contributed by atoms with E-state index in [0.29, 0.717) is 38.0 Å². The minimum atomic E-state index is -0.663. The molecule has 0 saturated carbocycles. The monoisotopic (exact) mass is 430 g/mol. The quantitative estimate of drug-likeness (QED) is 0.730. The lowest BCUT2D eigenvalue weighted by atomic mass is 9.94. The standard InChI is InChI=1S/C22H27ClN4O3/c23-17-1-2-19-16(11-17)12-22(29-9-10-30-22)13-20-24-25-21(27(19)20)15-3-6-26(7-4-15)18-5-8-28-14-18/h1-2,11,15,18H,3-10,12-14H2/t18-/m1/s1. The number of piperidine rings is 1. The summed E-state index contributed by atoms with van der Waals surface area (Å²) in [5.74, 6) is 1.71. The van der Waals surface area contributed by atoms with Crippen LogP contribution in [0.2, 0.25) is 5.02 Å². The Morgan fingerprint density at radius 1 is 1.00 bits per heavy atom. The molecular formula is C22H27ClN4O3. The van der Waals surface area contributed by atoms with Gasteiger partial charge in [0.05, 0.1) is 31.9 Å². The summed E-state index contributed by atoms with van der Waals surface area (Å²) in [7, 11) is 0. The van der Waals surface area contributed by atoms with Crippen molar-refractivity contribution in [2.24, 2.45) is 0 Å². The molecule has 0 aliphatic carbocycles. The second-order valence-electron chi connectivity index (χ2n) is 8.87. The first-order valence-corrected chi connectivity index (χ1v) is 11.4. The predicted octanol–water partition coefficient (Wildman–Crippen LogP) is 2.73. The summed E-state index contributed by atoms with van der Waals surface area (Å²) < 4.78 is 20.0. The molecular weight excluding hydrogens is 404 g/mol.